The van der Waals surface area contributed by atoms with Gasteiger partial charge in [-0.25, -0.2) is 0 Å². The summed E-state index contributed by atoms with van der Waals surface area (Å²) in [5.74, 6) is 0. The molecule has 1 atom stereocenters. The Hall–Kier alpha value is -0.460. The average molecular weight is 70.1 g/mol. The molecule has 1 aliphatic rings. The van der Waals surface area contributed by atoms with Crippen molar-refractivity contribution in [3.8, 4) is 0 Å². The van der Waals surface area contributed by atoms with E-state index in [2.05, 4.69) is 0 Å². The summed E-state index contributed by atoms with van der Waals surface area (Å²) in [6.45, 7) is 2.00. The zero-order valence-electron chi connectivity index (χ0n) is 3.14. The molecule has 1 unspecified atom stereocenters. The number of hydrogen-bond donors (Lipinski definition) is 0. The van der Waals surface area contributed by atoms with Crippen LogP contribution in [0.1, 0.15) is 6.92 Å². The molecule has 0 aromatic rings. The quantitative estimate of drug-likeness (QED) is 0.411. The second kappa shape index (κ2) is 0.744. The Bertz CT molecular complexity index is 56.7. The minimum Gasteiger partial charge on any atom is -0.494 e. The van der Waals surface area contributed by atoms with Gasteiger partial charge in [-0.15, -0.1) is 0 Å². The molecule has 0 aliphatic carbocycles. The maximum Gasteiger partial charge on any atom is 0.116 e. The van der Waals surface area contributed by atoms with E-state index in [4.69, 9.17) is 4.74 Å². The first kappa shape index (κ1) is 2.76. The normalized spacial score (nSPS) is 31.8. The zero-order chi connectivity index (χ0) is 3.70. The largest absolute Gasteiger partial charge is 0.494 e. The highest BCUT2D eigenvalue weighted by Crippen LogP contribution is 2.02. The molecule has 1 aliphatic heterocycles. The van der Waals surface area contributed by atoms with Crippen LogP contribution in [-0.2, 0) is 4.74 Å². The third-order valence-electron chi connectivity index (χ3n) is 0.643. The van der Waals surface area contributed by atoms with Gasteiger partial charge in [-0.1, -0.05) is 0 Å². The van der Waals surface area contributed by atoms with Crippen LogP contribution < -0.4 is 0 Å². The predicted octanol–water partition coefficient (Wildman–Crippen LogP) is 0.919. The monoisotopic (exact) mass is 70.0 g/mol. The van der Waals surface area contributed by atoms with Crippen molar-refractivity contribution < 1.29 is 4.74 Å². The van der Waals surface area contributed by atoms with Crippen LogP contribution in [0.25, 0.3) is 0 Å². The van der Waals surface area contributed by atoms with Crippen molar-refractivity contribution in [1.82, 2.24) is 0 Å². The smallest absolute Gasteiger partial charge is 0.116 e. The van der Waals surface area contributed by atoms with Crippen molar-refractivity contribution >= 4 is 0 Å². The lowest BCUT2D eigenvalue weighted by Crippen LogP contribution is -2.06. The van der Waals surface area contributed by atoms with Crippen LogP contribution in [0.15, 0.2) is 12.3 Å². The van der Waals surface area contributed by atoms with E-state index in [9.17, 15) is 0 Å². The second-order valence-corrected chi connectivity index (χ2v) is 1.17. The molecule has 1 nitrogen and oxygen atoms in total. The second-order valence-electron chi connectivity index (χ2n) is 1.17. The number of hydrogen-bond acceptors (Lipinski definition) is 1. The fourth-order valence-corrected chi connectivity index (χ4v) is 0.236. The molecule has 28 valence electrons. The van der Waals surface area contributed by atoms with Gasteiger partial charge in [0.15, 0.2) is 0 Å². The molecule has 0 amide bonds. The van der Waals surface area contributed by atoms with Crippen LogP contribution in [0.5, 0.6) is 0 Å². The van der Waals surface area contributed by atoms with Gasteiger partial charge in [-0.05, 0) is 13.0 Å². The molecule has 0 N–H and O–H groups in total. The Morgan fingerprint density at radius 1 is 1.80 bits per heavy atom. The van der Waals surface area contributed by atoms with E-state index in [0.29, 0.717) is 6.10 Å². The average Bonchev–Trinajstić information content (AvgIpc) is 1.30. The molecule has 0 radical (unpaired) electrons. The fraction of sp³-hybridized carbons (Fsp3) is 0.500. The molecule has 0 saturated heterocycles. The maximum atomic E-state index is 4.75. The molecule has 1 heteroatoms. The van der Waals surface area contributed by atoms with Crippen molar-refractivity contribution in [3.05, 3.63) is 12.3 Å². The fourth-order valence-electron chi connectivity index (χ4n) is 0.236. The lowest BCUT2D eigenvalue weighted by molar-refractivity contribution is 0.156. The molecule has 0 aromatic heterocycles. The maximum absolute atomic E-state index is 4.75. The molecule has 5 heavy (non-hydrogen) atoms. The zero-order valence-corrected chi connectivity index (χ0v) is 3.14. The SMILES string of the molecule is CC1C=CO1. The molecular weight excluding hydrogens is 64.0 g/mol. The Morgan fingerprint density at radius 2 is 2.20 bits per heavy atom. The van der Waals surface area contributed by atoms with E-state index in [1.165, 1.54) is 0 Å². The summed E-state index contributed by atoms with van der Waals surface area (Å²) in [7, 11) is 0. The van der Waals surface area contributed by atoms with E-state index in [1.807, 2.05) is 13.0 Å². The van der Waals surface area contributed by atoms with Gasteiger partial charge >= 0.3 is 0 Å². The minimum atomic E-state index is 0.384. The van der Waals surface area contributed by atoms with Crippen LogP contribution in [0.3, 0.4) is 0 Å². The van der Waals surface area contributed by atoms with E-state index >= 15 is 0 Å². The van der Waals surface area contributed by atoms with Crippen LogP contribution in [-0.4, -0.2) is 6.10 Å². The molecule has 1 rings (SSSR count). The lowest BCUT2D eigenvalue weighted by atomic mass is 10.3. The van der Waals surface area contributed by atoms with Gasteiger partial charge < -0.3 is 4.74 Å². The first-order valence-corrected chi connectivity index (χ1v) is 1.72. The molecular formula is C4H6O. The molecule has 0 saturated carbocycles. The van der Waals surface area contributed by atoms with E-state index in [1.54, 1.807) is 6.26 Å². The Balaban J connectivity index is 2.39. The third-order valence-corrected chi connectivity index (χ3v) is 0.643. The molecule has 0 fully saturated rings. The topological polar surface area (TPSA) is 9.23 Å². The highest BCUT2D eigenvalue weighted by atomic mass is 16.5. The molecule has 0 spiro atoms. The molecule has 1 heterocycles. The van der Waals surface area contributed by atoms with Crippen LogP contribution in [0, 0.1) is 0 Å². The summed E-state index contributed by atoms with van der Waals surface area (Å²) in [6.07, 6.45) is 4.08. The van der Waals surface area contributed by atoms with Gasteiger partial charge in [0.2, 0.25) is 0 Å². The Labute approximate surface area is 31.3 Å². The highest BCUT2D eigenvalue weighted by molar-refractivity contribution is 4.90. The van der Waals surface area contributed by atoms with Gasteiger partial charge in [0, 0.05) is 0 Å². The lowest BCUT2D eigenvalue weighted by Gasteiger charge is -2.12. The van der Waals surface area contributed by atoms with E-state index < -0.39 is 0 Å². The van der Waals surface area contributed by atoms with Crippen LogP contribution in [0.2, 0.25) is 0 Å². The third kappa shape index (κ3) is 0.274. The summed E-state index contributed by atoms with van der Waals surface area (Å²) in [4.78, 5) is 0. The summed E-state index contributed by atoms with van der Waals surface area (Å²) < 4.78 is 4.75. The van der Waals surface area contributed by atoms with Crippen molar-refractivity contribution in [2.75, 3.05) is 0 Å². The standard InChI is InChI=1S/C4H6O/c1-4-2-3-5-4/h2-4H,1H3. The van der Waals surface area contributed by atoms with Crippen molar-refractivity contribution in [3.63, 3.8) is 0 Å². The van der Waals surface area contributed by atoms with Gasteiger partial charge in [-0.2, -0.15) is 0 Å². The van der Waals surface area contributed by atoms with E-state index in [-0.39, 0.29) is 0 Å². The summed E-state index contributed by atoms with van der Waals surface area (Å²) in [5.41, 5.74) is 0. The minimum absolute atomic E-state index is 0.384. The predicted molar refractivity (Wildman–Crippen MR) is 19.7 cm³/mol. The van der Waals surface area contributed by atoms with Crippen molar-refractivity contribution in [1.29, 1.82) is 0 Å². The summed E-state index contributed by atoms with van der Waals surface area (Å²) in [6, 6.07) is 0. The van der Waals surface area contributed by atoms with Crippen molar-refractivity contribution in [2.24, 2.45) is 0 Å². The van der Waals surface area contributed by atoms with Gasteiger partial charge in [-0.3, -0.25) is 0 Å². The Morgan fingerprint density at radius 3 is 2.20 bits per heavy atom. The summed E-state index contributed by atoms with van der Waals surface area (Å²) >= 11 is 0. The van der Waals surface area contributed by atoms with E-state index in [0.717, 1.165) is 0 Å². The Kier molecular flexibility index (Phi) is 0.411. The number of rotatable bonds is 0. The first-order valence-electron chi connectivity index (χ1n) is 1.72. The van der Waals surface area contributed by atoms with Crippen LogP contribution >= 0.6 is 0 Å². The summed E-state index contributed by atoms with van der Waals surface area (Å²) in [5, 5.41) is 0. The molecule has 0 bridgehead atoms. The number of ether oxygens (including phenoxy) is 1. The highest BCUT2D eigenvalue weighted by Gasteiger charge is 1.98. The van der Waals surface area contributed by atoms with Gasteiger partial charge in [0.05, 0.1) is 6.26 Å². The van der Waals surface area contributed by atoms with Crippen LogP contribution in [0.4, 0.5) is 0 Å². The molecule has 0 aromatic carbocycles. The van der Waals surface area contributed by atoms with Gasteiger partial charge in [0.1, 0.15) is 6.10 Å². The van der Waals surface area contributed by atoms with Crippen molar-refractivity contribution in [2.45, 2.75) is 13.0 Å². The van der Waals surface area contributed by atoms with Gasteiger partial charge in [0.25, 0.3) is 0 Å². The first-order chi connectivity index (χ1) is 2.39.